The van der Waals surface area contributed by atoms with Crippen LogP contribution in [0.3, 0.4) is 0 Å². The summed E-state index contributed by atoms with van der Waals surface area (Å²) in [7, 11) is 0. The molecule has 14 heavy (non-hydrogen) atoms. The molecule has 0 aliphatic heterocycles. The number of rotatable bonds is 6. The summed E-state index contributed by atoms with van der Waals surface area (Å²) in [5.74, 6) is 1.57. The van der Waals surface area contributed by atoms with Gasteiger partial charge in [-0.15, -0.1) is 0 Å². The highest BCUT2D eigenvalue weighted by Crippen LogP contribution is 2.05. The fourth-order valence-electron chi connectivity index (χ4n) is 1.29. The maximum atomic E-state index is 5.64. The summed E-state index contributed by atoms with van der Waals surface area (Å²) in [4.78, 5) is 4.28. The van der Waals surface area contributed by atoms with E-state index in [4.69, 9.17) is 10.3 Å². The van der Waals surface area contributed by atoms with Crippen molar-refractivity contribution in [3.63, 3.8) is 0 Å². The summed E-state index contributed by atoms with van der Waals surface area (Å²) in [5, 5.41) is 3.89. The fourth-order valence-corrected chi connectivity index (χ4v) is 1.29. The summed E-state index contributed by atoms with van der Waals surface area (Å²) in [6.45, 7) is 4.11. The van der Waals surface area contributed by atoms with Crippen molar-refractivity contribution >= 4 is 0 Å². The SMILES string of the molecule is CCCc1noc(CCCC(C)N)n1. The smallest absolute Gasteiger partial charge is 0.226 e. The highest BCUT2D eigenvalue weighted by atomic mass is 16.5. The molecule has 0 spiro atoms. The van der Waals surface area contributed by atoms with E-state index in [0.717, 1.165) is 43.8 Å². The average Bonchev–Trinajstić information content (AvgIpc) is 2.53. The molecule has 2 N–H and O–H groups in total. The van der Waals surface area contributed by atoms with Gasteiger partial charge in [-0.1, -0.05) is 12.1 Å². The second-order valence-electron chi connectivity index (χ2n) is 3.72. The van der Waals surface area contributed by atoms with Crippen molar-refractivity contribution in [1.29, 1.82) is 0 Å². The lowest BCUT2D eigenvalue weighted by molar-refractivity contribution is 0.367. The third-order valence-corrected chi connectivity index (χ3v) is 2.03. The molecule has 1 rings (SSSR count). The van der Waals surface area contributed by atoms with Gasteiger partial charge in [0, 0.05) is 18.9 Å². The molecule has 80 valence electrons. The molecule has 4 nitrogen and oxygen atoms in total. The minimum absolute atomic E-state index is 0.257. The molecule has 1 aromatic heterocycles. The van der Waals surface area contributed by atoms with Gasteiger partial charge in [0.1, 0.15) is 0 Å². The third kappa shape index (κ3) is 3.87. The molecular formula is C10H19N3O. The van der Waals surface area contributed by atoms with Crippen LogP contribution in [-0.2, 0) is 12.8 Å². The molecule has 1 aromatic rings. The zero-order chi connectivity index (χ0) is 10.4. The van der Waals surface area contributed by atoms with Gasteiger partial charge in [0.25, 0.3) is 0 Å². The Morgan fingerprint density at radius 1 is 1.43 bits per heavy atom. The number of aryl methyl sites for hydroxylation is 2. The van der Waals surface area contributed by atoms with Crippen LogP contribution in [0.2, 0.25) is 0 Å². The van der Waals surface area contributed by atoms with Gasteiger partial charge in [-0.05, 0) is 26.2 Å². The lowest BCUT2D eigenvalue weighted by Gasteiger charge is -2.00. The predicted molar refractivity (Wildman–Crippen MR) is 54.9 cm³/mol. The Balaban J connectivity index is 2.28. The minimum Gasteiger partial charge on any atom is -0.339 e. The molecule has 0 saturated carbocycles. The van der Waals surface area contributed by atoms with Gasteiger partial charge in [-0.3, -0.25) is 0 Å². The molecule has 0 fully saturated rings. The first-order chi connectivity index (χ1) is 6.72. The first-order valence-corrected chi connectivity index (χ1v) is 5.29. The number of aromatic nitrogens is 2. The summed E-state index contributed by atoms with van der Waals surface area (Å²) in [5.41, 5.74) is 5.64. The molecular weight excluding hydrogens is 178 g/mol. The maximum absolute atomic E-state index is 5.64. The first-order valence-electron chi connectivity index (χ1n) is 5.29. The van der Waals surface area contributed by atoms with Gasteiger partial charge in [0.2, 0.25) is 5.89 Å². The average molecular weight is 197 g/mol. The van der Waals surface area contributed by atoms with E-state index in [9.17, 15) is 0 Å². The van der Waals surface area contributed by atoms with Crippen molar-refractivity contribution in [3.8, 4) is 0 Å². The summed E-state index contributed by atoms with van der Waals surface area (Å²) in [6, 6.07) is 0.257. The molecule has 1 atom stereocenters. The van der Waals surface area contributed by atoms with E-state index in [2.05, 4.69) is 17.1 Å². The molecule has 4 heteroatoms. The van der Waals surface area contributed by atoms with Crippen LogP contribution in [0.25, 0.3) is 0 Å². The molecule has 0 aliphatic carbocycles. The third-order valence-electron chi connectivity index (χ3n) is 2.03. The fraction of sp³-hybridized carbons (Fsp3) is 0.800. The monoisotopic (exact) mass is 197 g/mol. The number of nitrogens with two attached hydrogens (primary N) is 1. The van der Waals surface area contributed by atoms with Gasteiger partial charge in [-0.2, -0.15) is 4.98 Å². The van der Waals surface area contributed by atoms with Crippen LogP contribution in [0.4, 0.5) is 0 Å². The number of hydrogen-bond donors (Lipinski definition) is 1. The van der Waals surface area contributed by atoms with Crippen molar-refractivity contribution < 1.29 is 4.52 Å². The van der Waals surface area contributed by atoms with E-state index in [-0.39, 0.29) is 6.04 Å². The largest absolute Gasteiger partial charge is 0.339 e. The van der Waals surface area contributed by atoms with Crippen molar-refractivity contribution in [2.24, 2.45) is 5.73 Å². The topological polar surface area (TPSA) is 64.9 Å². The standard InChI is InChI=1S/C10H19N3O/c1-3-5-9-12-10(14-13-9)7-4-6-8(2)11/h8H,3-7,11H2,1-2H3. The van der Waals surface area contributed by atoms with Gasteiger partial charge in [0.05, 0.1) is 0 Å². The molecule has 1 heterocycles. The zero-order valence-corrected chi connectivity index (χ0v) is 8.99. The Morgan fingerprint density at radius 3 is 2.86 bits per heavy atom. The van der Waals surface area contributed by atoms with Crippen LogP contribution in [0, 0.1) is 0 Å². The number of nitrogens with zero attached hydrogens (tertiary/aromatic N) is 2. The zero-order valence-electron chi connectivity index (χ0n) is 8.99. The van der Waals surface area contributed by atoms with Crippen LogP contribution >= 0.6 is 0 Å². The maximum Gasteiger partial charge on any atom is 0.226 e. The Bertz CT molecular complexity index is 258. The second kappa shape index (κ2) is 5.75. The second-order valence-corrected chi connectivity index (χ2v) is 3.72. The van der Waals surface area contributed by atoms with Crippen LogP contribution in [0.1, 0.15) is 44.8 Å². The van der Waals surface area contributed by atoms with Gasteiger partial charge in [0.15, 0.2) is 5.82 Å². The van der Waals surface area contributed by atoms with E-state index >= 15 is 0 Å². The summed E-state index contributed by atoms with van der Waals surface area (Å²) >= 11 is 0. The molecule has 0 radical (unpaired) electrons. The van der Waals surface area contributed by atoms with Crippen molar-refractivity contribution in [2.75, 3.05) is 0 Å². The lowest BCUT2D eigenvalue weighted by Crippen LogP contribution is -2.14. The normalized spacial score (nSPS) is 13.1. The molecule has 0 saturated heterocycles. The van der Waals surface area contributed by atoms with Crippen LogP contribution in [0.5, 0.6) is 0 Å². The Morgan fingerprint density at radius 2 is 2.21 bits per heavy atom. The van der Waals surface area contributed by atoms with E-state index in [1.807, 2.05) is 6.92 Å². The Kier molecular flexibility index (Phi) is 4.59. The molecule has 0 bridgehead atoms. The molecule has 0 aliphatic rings. The highest BCUT2D eigenvalue weighted by Gasteiger charge is 2.05. The van der Waals surface area contributed by atoms with Gasteiger partial charge < -0.3 is 10.3 Å². The van der Waals surface area contributed by atoms with E-state index in [1.165, 1.54) is 0 Å². The first kappa shape index (κ1) is 11.2. The predicted octanol–water partition coefficient (Wildman–Crippen LogP) is 1.69. The molecule has 1 unspecified atom stereocenters. The Labute approximate surface area is 84.9 Å². The van der Waals surface area contributed by atoms with Crippen molar-refractivity contribution in [2.45, 2.75) is 52.0 Å². The van der Waals surface area contributed by atoms with E-state index < -0.39 is 0 Å². The van der Waals surface area contributed by atoms with Gasteiger partial charge >= 0.3 is 0 Å². The van der Waals surface area contributed by atoms with E-state index in [1.54, 1.807) is 0 Å². The lowest BCUT2D eigenvalue weighted by atomic mass is 10.1. The highest BCUT2D eigenvalue weighted by molar-refractivity contribution is 4.86. The van der Waals surface area contributed by atoms with Crippen molar-refractivity contribution in [3.05, 3.63) is 11.7 Å². The summed E-state index contributed by atoms with van der Waals surface area (Å²) in [6.07, 6.45) is 4.82. The van der Waals surface area contributed by atoms with E-state index in [0.29, 0.717) is 0 Å². The molecule has 0 amide bonds. The minimum atomic E-state index is 0.257. The van der Waals surface area contributed by atoms with Crippen LogP contribution in [0.15, 0.2) is 4.52 Å². The quantitative estimate of drug-likeness (QED) is 0.753. The van der Waals surface area contributed by atoms with Gasteiger partial charge in [-0.25, -0.2) is 0 Å². The molecule has 0 aromatic carbocycles. The summed E-state index contributed by atoms with van der Waals surface area (Å²) < 4.78 is 5.10. The van der Waals surface area contributed by atoms with Crippen LogP contribution < -0.4 is 5.73 Å². The van der Waals surface area contributed by atoms with Crippen LogP contribution in [-0.4, -0.2) is 16.2 Å². The van der Waals surface area contributed by atoms with Crippen molar-refractivity contribution in [1.82, 2.24) is 10.1 Å². The Hall–Kier alpha value is -0.900. The number of hydrogen-bond acceptors (Lipinski definition) is 4.